The highest BCUT2D eigenvalue weighted by Crippen LogP contribution is 2.46. The normalized spacial score (nSPS) is 14.9. The van der Waals surface area contributed by atoms with Crippen LogP contribution in [0, 0.1) is 0 Å². The van der Waals surface area contributed by atoms with Gasteiger partial charge in [0, 0.05) is 23.2 Å². The van der Waals surface area contributed by atoms with E-state index < -0.39 is 11.9 Å². The Bertz CT molecular complexity index is 1320. The van der Waals surface area contributed by atoms with Gasteiger partial charge >= 0.3 is 6.18 Å². The van der Waals surface area contributed by atoms with E-state index in [1.54, 1.807) is 30.3 Å². The van der Waals surface area contributed by atoms with E-state index in [9.17, 15) is 13.2 Å². The first-order chi connectivity index (χ1) is 16.3. The molecule has 0 radical (unpaired) electrons. The van der Waals surface area contributed by atoms with Crippen LogP contribution in [-0.2, 0) is 11.7 Å². The number of nitrogens with two attached hydrogens (primary N) is 1. The molecule has 4 N–H and O–H groups in total. The van der Waals surface area contributed by atoms with Crippen molar-refractivity contribution in [1.29, 1.82) is 0 Å². The summed E-state index contributed by atoms with van der Waals surface area (Å²) < 4.78 is 48.4. The number of aliphatic hydroxyl groups is 1. The largest absolute Gasteiger partial charge is 0.437 e. The lowest BCUT2D eigenvalue weighted by Gasteiger charge is -2.38. The Morgan fingerprint density at radius 1 is 1.00 bits per heavy atom. The molecule has 1 aliphatic rings. The first kappa shape index (κ1) is 25.0. The van der Waals surface area contributed by atoms with Crippen molar-refractivity contribution >= 4 is 29.5 Å². The minimum absolute atomic E-state index is 0. The van der Waals surface area contributed by atoms with Gasteiger partial charge in [-0.15, -0.1) is 12.4 Å². The Morgan fingerprint density at radius 2 is 1.69 bits per heavy atom. The Labute approximate surface area is 205 Å². The minimum Gasteiger partial charge on any atom is -0.437 e. The molecule has 0 spiro atoms. The molecule has 0 saturated heterocycles. The van der Waals surface area contributed by atoms with Crippen molar-refractivity contribution in [1.82, 2.24) is 9.97 Å². The Hall–Kier alpha value is -3.14. The molecule has 10 heteroatoms. The summed E-state index contributed by atoms with van der Waals surface area (Å²) in [6.45, 7) is -0.277. The zero-order valence-corrected chi connectivity index (χ0v) is 19.4. The third-order valence-electron chi connectivity index (χ3n) is 6.25. The number of nitrogens with zero attached hydrogens (tertiary/aromatic N) is 2. The molecule has 0 aliphatic heterocycles. The first-order valence-corrected chi connectivity index (χ1v) is 11.0. The van der Waals surface area contributed by atoms with Gasteiger partial charge in [-0.05, 0) is 30.4 Å². The van der Waals surface area contributed by atoms with E-state index in [1.807, 2.05) is 24.3 Å². The number of hydrogen-bond acceptors (Lipinski definition) is 6. The van der Waals surface area contributed by atoms with Crippen LogP contribution in [0.2, 0.25) is 0 Å². The molecule has 2 aromatic heterocycles. The molecule has 0 unspecified atom stereocenters. The smallest absolute Gasteiger partial charge is 0.434 e. The number of aromatic nitrogens is 2. The number of anilines is 1. The second kappa shape index (κ2) is 9.49. The number of furan rings is 1. The minimum atomic E-state index is -4.75. The van der Waals surface area contributed by atoms with Crippen molar-refractivity contribution in [2.45, 2.75) is 31.0 Å². The third kappa shape index (κ3) is 4.59. The standard InChI is InChI=1S/C25H23F3N4O2.ClH/c26-25(27,28)21-19-18(15-5-2-1-3-6-15)20(34-22(19)32-23(31-21)30-13-14-33)16-7-9-17(10-8-16)24(29)11-4-12-24;/h1-3,5-10,33H,4,11-14,29H2,(H,30,31,32);1H. The molecule has 0 bridgehead atoms. The average molecular weight is 505 g/mol. The summed E-state index contributed by atoms with van der Waals surface area (Å²) in [5.41, 5.74) is 7.23. The lowest BCUT2D eigenvalue weighted by atomic mass is 9.72. The van der Waals surface area contributed by atoms with Crippen LogP contribution in [-0.4, -0.2) is 28.2 Å². The van der Waals surface area contributed by atoms with E-state index >= 15 is 0 Å². The molecule has 5 rings (SSSR count). The van der Waals surface area contributed by atoms with Crippen LogP contribution in [0.4, 0.5) is 19.1 Å². The number of fused-ring (bicyclic) bond motifs is 1. The van der Waals surface area contributed by atoms with Gasteiger partial charge in [0.15, 0.2) is 5.69 Å². The Morgan fingerprint density at radius 3 is 2.26 bits per heavy atom. The first-order valence-electron chi connectivity index (χ1n) is 11.0. The van der Waals surface area contributed by atoms with Crippen LogP contribution in [0.1, 0.15) is 30.5 Å². The topological polar surface area (TPSA) is 97.2 Å². The second-order valence-corrected chi connectivity index (χ2v) is 8.48. The SMILES string of the molecule is Cl.NC1(c2ccc(-c3oc4nc(NCCO)nc(C(F)(F)F)c4c3-c3ccccc3)cc2)CCC1. The monoisotopic (exact) mass is 504 g/mol. The zero-order valence-electron chi connectivity index (χ0n) is 18.6. The van der Waals surface area contributed by atoms with Crippen molar-refractivity contribution in [3.05, 3.63) is 65.9 Å². The van der Waals surface area contributed by atoms with E-state index in [2.05, 4.69) is 15.3 Å². The van der Waals surface area contributed by atoms with Crippen molar-refractivity contribution in [2.24, 2.45) is 5.73 Å². The molecule has 2 heterocycles. The van der Waals surface area contributed by atoms with Crippen molar-refractivity contribution < 1.29 is 22.7 Å². The predicted octanol–water partition coefficient (Wildman–Crippen LogP) is 5.74. The number of nitrogens with one attached hydrogen (secondary N) is 1. The van der Waals surface area contributed by atoms with Gasteiger partial charge < -0.3 is 20.6 Å². The number of alkyl halides is 3. The van der Waals surface area contributed by atoms with Gasteiger partial charge in [0.05, 0.1) is 12.0 Å². The molecule has 0 atom stereocenters. The Kier molecular flexibility index (Phi) is 6.77. The van der Waals surface area contributed by atoms with Crippen LogP contribution in [0.25, 0.3) is 33.6 Å². The van der Waals surface area contributed by atoms with Crippen LogP contribution >= 0.6 is 12.4 Å². The Balaban J connectivity index is 0.00000289. The van der Waals surface area contributed by atoms with Crippen molar-refractivity contribution in [3.63, 3.8) is 0 Å². The fourth-order valence-electron chi connectivity index (χ4n) is 4.34. The van der Waals surface area contributed by atoms with E-state index in [0.29, 0.717) is 11.1 Å². The molecule has 184 valence electrons. The maximum atomic E-state index is 14.1. The summed E-state index contributed by atoms with van der Waals surface area (Å²) in [6, 6.07) is 16.2. The quantitative estimate of drug-likeness (QED) is 0.310. The molecule has 6 nitrogen and oxygen atoms in total. The summed E-state index contributed by atoms with van der Waals surface area (Å²) in [7, 11) is 0. The zero-order chi connectivity index (χ0) is 23.9. The van der Waals surface area contributed by atoms with Gasteiger partial charge in [0.25, 0.3) is 0 Å². The molecule has 2 aromatic carbocycles. The number of benzene rings is 2. The van der Waals surface area contributed by atoms with Crippen LogP contribution in [0.5, 0.6) is 0 Å². The summed E-state index contributed by atoms with van der Waals surface area (Å²) in [6.07, 6.45) is -1.87. The van der Waals surface area contributed by atoms with Gasteiger partial charge in [-0.1, -0.05) is 54.6 Å². The van der Waals surface area contributed by atoms with Crippen molar-refractivity contribution in [3.8, 4) is 22.5 Å². The molecular weight excluding hydrogens is 481 g/mol. The molecular formula is C25H24ClF3N4O2. The molecule has 1 saturated carbocycles. The average Bonchev–Trinajstić information content (AvgIpc) is 3.20. The second-order valence-electron chi connectivity index (χ2n) is 8.48. The maximum absolute atomic E-state index is 14.1. The maximum Gasteiger partial charge on any atom is 0.434 e. The van der Waals surface area contributed by atoms with Crippen LogP contribution < -0.4 is 11.1 Å². The van der Waals surface area contributed by atoms with Crippen molar-refractivity contribution in [2.75, 3.05) is 18.5 Å². The highest BCUT2D eigenvalue weighted by Gasteiger charge is 2.39. The molecule has 35 heavy (non-hydrogen) atoms. The summed E-state index contributed by atoms with van der Waals surface area (Å²) in [5, 5.41) is 11.4. The third-order valence-corrected chi connectivity index (χ3v) is 6.25. The van der Waals surface area contributed by atoms with E-state index in [-0.39, 0.29) is 59.5 Å². The highest BCUT2D eigenvalue weighted by molar-refractivity contribution is 6.02. The van der Waals surface area contributed by atoms with Gasteiger partial charge in [-0.25, -0.2) is 4.98 Å². The van der Waals surface area contributed by atoms with Crippen LogP contribution in [0.15, 0.2) is 59.0 Å². The predicted molar refractivity (Wildman–Crippen MR) is 130 cm³/mol. The van der Waals surface area contributed by atoms with E-state index in [0.717, 1.165) is 24.8 Å². The molecule has 1 aliphatic carbocycles. The highest BCUT2D eigenvalue weighted by atomic mass is 35.5. The lowest BCUT2D eigenvalue weighted by Crippen LogP contribution is -2.43. The molecule has 0 amide bonds. The fraction of sp³-hybridized carbons (Fsp3) is 0.280. The summed E-state index contributed by atoms with van der Waals surface area (Å²) in [4.78, 5) is 7.91. The van der Waals surface area contributed by atoms with Gasteiger partial charge in [-0.3, -0.25) is 0 Å². The molecule has 4 aromatic rings. The number of rotatable bonds is 6. The number of aliphatic hydroxyl groups excluding tert-OH is 1. The van der Waals surface area contributed by atoms with Gasteiger partial charge in [0.2, 0.25) is 11.7 Å². The van der Waals surface area contributed by atoms with Gasteiger partial charge in [-0.2, -0.15) is 18.2 Å². The lowest BCUT2D eigenvalue weighted by molar-refractivity contribution is -0.139. The molecule has 1 fully saturated rings. The van der Waals surface area contributed by atoms with E-state index in [4.69, 9.17) is 15.3 Å². The number of halogens is 4. The summed E-state index contributed by atoms with van der Waals surface area (Å²) in [5.74, 6) is 0.00531. The van der Waals surface area contributed by atoms with E-state index in [1.165, 1.54) is 0 Å². The van der Waals surface area contributed by atoms with Gasteiger partial charge in [0.1, 0.15) is 5.76 Å². The van der Waals surface area contributed by atoms with Crippen LogP contribution in [0.3, 0.4) is 0 Å². The number of hydrogen-bond donors (Lipinski definition) is 3. The fourth-order valence-corrected chi connectivity index (χ4v) is 4.34. The summed E-state index contributed by atoms with van der Waals surface area (Å²) >= 11 is 0.